The highest BCUT2D eigenvalue weighted by Crippen LogP contribution is 2.41. The van der Waals surface area contributed by atoms with Crippen molar-refractivity contribution in [2.24, 2.45) is 5.73 Å². The monoisotopic (exact) mass is 491 g/mol. The molecule has 0 bridgehead atoms. The van der Waals surface area contributed by atoms with Crippen molar-refractivity contribution in [3.63, 3.8) is 0 Å². The Hall–Kier alpha value is -4.58. The fourth-order valence-corrected chi connectivity index (χ4v) is 5.21. The summed E-state index contributed by atoms with van der Waals surface area (Å²) < 4.78 is 5.26. The highest BCUT2D eigenvalue weighted by molar-refractivity contribution is 5.97. The maximum absolute atomic E-state index is 12.1. The summed E-state index contributed by atoms with van der Waals surface area (Å²) >= 11 is 0. The van der Waals surface area contributed by atoms with Gasteiger partial charge in [0, 0.05) is 30.3 Å². The second-order valence-corrected chi connectivity index (χ2v) is 9.33. The van der Waals surface area contributed by atoms with Gasteiger partial charge in [-0.1, -0.05) is 54.6 Å². The van der Waals surface area contributed by atoms with Gasteiger partial charge in [-0.25, -0.2) is 4.79 Å². The van der Waals surface area contributed by atoms with Gasteiger partial charge in [-0.2, -0.15) is 0 Å². The van der Waals surface area contributed by atoms with E-state index in [0.29, 0.717) is 17.9 Å². The number of benzene rings is 4. The first-order valence-electron chi connectivity index (χ1n) is 12.2. The van der Waals surface area contributed by atoms with E-state index in [1.54, 1.807) is 12.1 Å². The summed E-state index contributed by atoms with van der Waals surface area (Å²) in [5.74, 6) is -0.169. The van der Waals surface area contributed by atoms with Crippen LogP contribution in [0.5, 0.6) is 5.75 Å². The lowest BCUT2D eigenvalue weighted by atomic mass is 9.92. The molecule has 4 N–H and O–H groups in total. The SMILES string of the molecule is COc1ccc(-c2ccccc2CN2CC(Cc3ccccc3)c3cc(C(=N)N)ccc32)c(C(=O)O)c1. The lowest BCUT2D eigenvalue weighted by Gasteiger charge is -2.23. The molecule has 5 rings (SSSR count). The largest absolute Gasteiger partial charge is 0.497 e. The van der Waals surface area contributed by atoms with Crippen molar-refractivity contribution in [2.75, 3.05) is 18.6 Å². The van der Waals surface area contributed by atoms with Crippen molar-refractivity contribution >= 4 is 17.5 Å². The number of fused-ring (bicyclic) bond motifs is 1. The van der Waals surface area contributed by atoms with E-state index in [1.165, 1.54) is 18.2 Å². The Labute approximate surface area is 216 Å². The summed E-state index contributed by atoms with van der Waals surface area (Å²) in [6.45, 7) is 1.44. The molecule has 0 amide bonds. The van der Waals surface area contributed by atoms with Gasteiger partial charge < -0.3 is 20.5 Å². The van der Waals surface area contributed by atoms with Gasteiger partial charge in [-0.05, 0) is 70.6 Å². The van der Waals surface area contributed by atoms with Gasteiger partial charge in [0.15, 0.2) is 0 Å². The number of nitrogens with one attached hydrogen (secondary N) is 1. The predicted octanol–water partition coefficient (Wildman–Crippen LogP) is 5.69. The second kappa shape index (κ2) is 10.2. The van der Waals surface area contributed by atoms with E-state index in [0.717, 1.165) is 35.3 Å². The zero-order valence-electron chi connectivity index (χ0n) is 20.6. The molecule has 1 atom stereocenters. The number of carbonyl (C=O) groups is 1. The Morgan fingerprint density at radius 3 is 2.49 bits per heavy atom. The van der Waals surface area contributed by atoms with Crippen LogP contribution in [0.2, 0.25) is 0 Å². The molecule has 1 aliphatic heterocycles. The van der Waals surface area contributed by atoms with E-state index in [1.807, 2.05) is 42.5 Å². The molecule has 0 saturated heterocycles. The first-order chi connectivity index (χ1) is 17.9. The fourth-order valence-electron chi connectivity index (χ4n) is 5.21. The molecule has 0 aliphatic carbocycles. The Kier molecular flexibility index (Phi) is 6.64. The van der Waals surface area contributed by atoms with Gasteiger partial charge in [-0.15, -0.1) is 0 Å². The standard InChI is InChI=1S/C31H29N3O3/c1-37-24-12-13-26(28(17-24)31(35)36)25-10-6-5-9-22(25)18-34-19-23(15-20-7-3-2-4-8-20)27-16-21(30(32)33)11-14-29(27)34/h2-14,16-17,23H,15,18-19H2,1H3,(H3,32,33)(H,35,36). The Bertz CT molecular complexity index is 1470. The van der Waals surface area contributed by atoms with Crippen molar-refractivity contribution in [1.29, 1.82) is 5.41 Å². The molecule has 0 spiro atoms. The summed E-state index contributed by atoms with van der Waals surface area (Å²) in [6, 6.07) is 29.5. The molecular weight excluding hydrogens is 462 g/mol. The molecule has 4 aromatic rings. The van der Waals surface area contributed by atoms with Crippen LogP contribution < -0.4 is 15.4 Å². The number of carboxylic acid groups (broad SMARTS) is 1. The highest BCUT2D eigenvalue weighted by atomic mass is 16.5. The summed E-state index contributed by atoms with van der Waals surface area (Å²) in [5, 5.41) is 17.8. The Morgan fingerprint density at radius 2 is 1.76 bits per heavy atom. The number of nitrogen functional groups attached to an aromatic ring is 1. The molecule has 186 valence electrons. The number of nitrogens with zero attached hydrogens (tertiary/aromatic N) is 1. The minimum Gasteiger partial charge on any atom is -0.497 e. The molecule has 1 unspecified atom stereocenters. The number of ether oxygens (including phenoxy) is 1. The van der Waals surface area contributed by atoms with Gasteiger partial charge in [0.1, 0.15) is 11.6 Å². The van der Waals surface area contributed by atoms with E-state index >= 15 is 0 Å². The number of amidine groups is 1. The second-order valence-electron chi connectivity index (χ2n) is 9.33. The van der Waals surface area contributed by atoms with Crippen LogP contribution >= 0.6 is 0 Å². The molecule has 6 heteroatoms. The average molecular weight is 492 g/mol. The van der Waals surface area contributed by atoms with Gasteiger partial charge in [-0.3, -0.25) is 5.41 Å². The number of nitrogens with two attached hydrogens (primary N) is 1. The van der Waals surface area contributed by atoms with Crippen LogP contribution in [0.15, 0.2) is 91.0 Å². The Morgan fingerprint density at radius 1 is 1.00 bits per heavy atom. The summed E-state index contributed by atoms with van der Waals surface area (Å²) in [5.41, 5.74) is 12.9. The average Bonchev–Trinajstić information content (AvgIpc) is 3.25. The Balaban J connectivity index is 1.52. The molecule has 6 nitrogen and oxygen atoms in total. The molecule has 0 aromatic heterocycles. The van der Waals surface area contributed by atoms with Crippen molar-refractivity contribution in [1.82, 2.24) is 0 Å². The van der Waals surface area contributed by atoms with E-state index in [9.17, 15) is 9.90 Å². The van der Waals surface area contributed by atoms with E-state index in [-0.39, 0.29) is 17.3 Å². The molecule has 0 radical (unpaired) electrons. The van der Waals surface area contributed by atoms with Gasteiger partial charge in [0.2, 0.25) is 0 Å². The number of hydrogen-bond donors (Lipinski definition) is 3. The topological polar surface area (TPSA) is 99.6 Å². The van der Waals surface area contributed by atoms with Crippen molar-refractivity contribution in [3.8, 4) is 16.9 Å². The zero-order valence-corrected chi connectivity index (χ0v) is 20.6. The number of rotatable bonds is 8. The lowest BCUT2D eigenvalue weighted by Crippen LogP contribution is -2.22. The van der Waals surface area contributed by atoms with Crippen LogP contribution in [-0.4, -0.2) is 30.6 Å². The maximum Gasteiger partial charge on any atom is 0.336 e. The van der Waals surface area contributed by atoms with Gasteiger partial charge in [0.25, 0.3) is 0 Å². The third-order valence-electron chi connectivity index (χ3n) is 7.01. The quantitative estimate of drug-likeness (QED) is 0.217. The van der Waals surface area contributed by atoms with Crippen molar-refractivity contribution < 1.29 is 14.6 Å². The smallest absolute Gasteiger partial charge is 0.336 e. The summed E-state index contributed by atoms with van der Waals surface area (Å²) in [4.78, 5) is 14.4. The summed E-state index contributed by atoms with van der Waals surface area (Å²) in [7, 11) is 1.53. The minimum absolute atomic E-state index is 0.0609. The van der Waals surface area contributed by atoms with Crippen molar-refractivity contribution in [3.05, 3.63) is 119 Å². The fraction of sp³-hybridized carbons (Fsp3) is 0.161. The van der Waals surface area contributed by atoms with Crippen LogP contribution in [-0.2, 0) is 13.0 Å². The first kappa shape index (κ1) is 24.1. The minimum atomic E-state index is -0.991. The lowest BCUT2D eigenvalue weighted by molar-refractivity contribution is 0.0697. The molecule has 1 aliphatic rings. The van der Waals surface area contributed by atoms with Crippen molar-refractivity contribution in [2.45, 2.75) is 18.9 Å². The van der Waals surface area contributed by atoms with Gasteiger partial charge in [0.05, 0.1) is 12.7 Å². The molecule has 0 saturated carbocycles. The van der Waals surface area contributed by atoms with Crippen LogP contribution in [0.1, 0.15) is 38.5 Å². The summed E-state index contributed by atoms with van der Waals surface area (Å²) in [6.07, 6.45) is 0.884. The van der Waals surface area contributed by atoms with Gasteiger partial charge >= 0.3 is 5.97 Å². The number of anilines is 1. The van der Waals surface area contributed by atoms with E-state index in [4.69, 9.17) is 15.9 Å². The number of carboxylic acids is 1. The van der Waals surface area contributed by atoms with Crippen LogP contribution in [0.3, 0.4) is 0 Å². The molecule has 0 fully saturated rings. The zero-order chi connectivity index (χ0) is 25.9. The highest BCUT2D eigenvalue weighted by Gasteiger charge is 2.30. The number of aromatic carboxylic acids is 1. The number of methoxy groups -OCH3 is 1. The third-order valence-corrected chi connectivity index (χ3v) is 7.01. The normalized spacial score (nSPS) is 14.3. The predicted molar refractivity (Wildman–Crippen MR) is 147 cm³/mol. The molecule has 1 heterocycles. The van der Waals surface area contributed by atoms with E-state index < -0.39 is 5.97 Å². The molecular formula is C31H29N3O3. The van der Waals surface area contributed by atoms with E-state index in [2.05, 4.69) is 41.3 Å². The van der Waals surface area contributed by atoms with Crippen LogP contribution in [0.25, 0.3) is 11.1 Å². The molecule has 4 aromatic carbocycles. The first-order valence-corrected chi connectivity index (χ1v) is 12.2. The van der Waals surface area contributed by atoms with Crippen LogP contribution in [0.4, 0.5) is 5.69 Å². The number of hydrogen-bond acceptors (Lipinski definition) is 4. The van der Waals surface area contributed by atoms with Crippen LogP contribution in [0, 0.1) is 5.41 Å². The maximum atomic E-state index is 12.1. The molecule has 37 heavy (non-hydrogen) atoms. The third kappa shape index (κ3) is 4.91.